The summed E-state index contributed by atoms with van der Waals surface area (Å²) in [5.41, 5.74) is 6.21. The van der Waals surface area contributed by atoms with E-state index in [-0.39, 0.29) is 16.6 Å². The Hall–Kier alpha value is -2.41. The normalized spacial score (nSPS) is 10.1. The van der Waals surface area contributed by atoms with Crippen molar-refractivity contribution in [3.63, 3.8) is 0 Å². The zero-order valence-electron chi connectivity index (χ0n) is 10.8. The third-order valence-electron chi connectivity index (χ3n) is 2.56. The second-order valence-electron chi connectivity index (χ2n) is 3.93. The second-order valence-corrected chi connectivity index (χ2v) is 4.79. The maximum atomic E-state index is 11.8. The van der Waals surface area contributed by atoms with Gasteiger partial charge in [0.2, 0.25) is 0 Å². The Kier molecular flexibility index (Phi) is 4.31. The summed E-state index contributed by atoms with van der Waals surface area (Å²) in [6.07, 6.45) is 0. The van der Waals surface area contributed by atoms with Crippen LogP contribution in [-0.2, 0) is 6.54 Å². The van der Waals surface area contributed by atoms with Crippen molar-refractivity contribution in [2.75, 3.05) is 7.11 Å². The lowest BCUT2D eigenvalue weighted by Gasteiger charge is -2.04. The van der Waals surface area contributed by atoms with Crippen LogP contribution in [0.15, 0.2) is 29.6 Å². The van der Waals surface area contributed by atoms with Crippen LogP contribution in [0.3, 0.4) is 0 Å². The molecule has 0 saturated heterocycles. The fraction of sp³-hybridized carbons (Fsp3) is 0.154. The fourth-order valence-corrected chi connectivity index (χ4v) is 2.16. The monoisotopic (exact) mass is 291 g/mol. The molecule has 0 radical (unpaired) electrons. The number of ether oxygens (including phenoxy) is 1. The summed E-state index contributed by atoms with van der Waals surface area (Å²) < 4.78 is 5.05. The maximum Gasteiger partial charge on any atom is 0.277 e. The van der Waals surface area contributed by atoms with Gasteiger partial charge in [-0.05, 0) is 17.7 Å². The topological polar surface area (TPSA) is 94.3 Å². The molecule has 6 nitrogen and oxygen atoms in total. The van der Waals surface area contributed by atoms with Gasteiger partial charge in [-0.3, -0.25) is 9.59 Å². The first-order chi connectivity index (χ1) is 9.60. The lowest BCUT2D eigenvalue weighted by molar-refractivity contribution is 0.0946. The van der Waals surface area contributed by atoms with Crippen LogP contribution < -0.4 is 15.8 Å². The molecule has 0 bridgehead atoms. The van der Waals surface area contributed by atoms with Crippen molar-refractivity contribution in [2.24, 2.45) is 5.73 Å². The summed E-state index contributed by atoms with van der Waals surface area (Å²) in [7, 11) is 1.59. The number of nitrogens with one attached hydrogen (secondary N) is 1. The highest BCUT2D eigenvalue weighted by molar-refractivity contribution is 7.11. The first-order valence-corrected chi connectivity index (χ1v) is 6.64. The zero-order chi connectivity index (χ0) is 14.5. The molecule has 104 valence electrons. The van der Waals surface area contributed by atoms with Crippen LogP contribution in [0.1, 0.15) is 25.9 Å². The van der Waals surface area contributed by atoms with Crippen LogP contribution in [0.4, 0.5) is 0 Å². The molecule has 0 atom stereocenters. The van der Waals surface area contributed by atoms with Gasteiger partial charge >= 0.3 is 0 Å². The number of carbonyl (C=O) groups is 2. The number of benzene rings is 1. The Balaban J connectivity index is 1.95. The van der Waals surface area contributed by atoms with E-state index in [0.717, 1.165) is 22.6 Å². The Bertz CT molecular complexity index is 622. The average molecular weight is 291 g/mol. The molecule has 2 aromatic rings. The van der Waals surface area contributed by atoms with E-state index in [0.29, 0.717) is 6.54 Å². The molecular weight excluding hydrogens is 278 g/mol. The van der Waals surface area contributed by atoms with Crippen LogP contribution in [0.2, 0.25) is 0 Å². The first-order valence-electron chi connectivity index (χ1n) is 5.76. The van der Waals surface area contributed by atoms with Gasteiger partial charge < -0.3 is 15.8 Å². The van der Waals surface area contributed by atoms with Crippen molar-refractivity contribution in [1.29, 1.82) is 0 Å². The molecule has 1 aromatic carbocycles. The van der Waals surface area contributed by atoms with Crippen molar-refractivity contribution in [3.05, 3.63) is 45.9 Å². The Morgan fingerprint density at radius 1 is 1.35 bits per heavy atom. The van der Waals surface area contributed by atoms with Crippen LogP contribution in [0, 0.1) is 0 Å². The highest BCUT2D eigenvalue weighted by atomic mass is 32.1. The Morgan fingerprint density at radius 3 is 2.60 bits per heavy atom. The molecule has 0 saturated carbocycles. The van der Waals surface area contributed by atoms with Crippen LogP contribution in [0.25, 0.3) is 0 Å². The third-order valence-corrected chi connectivity index (χ3v) is 3.42. The molecule has 2 amide bonds. The van der Waals surface area contributed by atoms with Gasteiger partial charge in [-0.1, -0.05) is 12.1 Å². The summed E-state index contributed by atoms with van der Waals surface area (Å²) in [5.74, 6) is -0.223. The van der Waals surface area contributed by atoms with Gasteiger partial charge in [0, 0.05) is 11.9 Å². The van der Waals surface area contributed by atoms with Gasteiger partial charge in [-0.2, -0.15) is 0 Å². The lowest BCUT2D eigenvalue weighted by atomic mass is 10.2. The molecule has 0 spiro atoms. The molecular formula is C13H13N3O3S. The largest absolute Gasteiger partial charge is 0.497 e. The highest BCUT2D eigenvalue weighted by Crippen LogP contribution is 2.12. The molecule has 1 aromatic heterocycles. The van der Waals surface area contributed by atoms with Crippen molar-refractivity contribution >= 4 is 23.2 Å². The van der Waals surface area contributed by atoms with E-state index >= 15 is 0 Å². The number of thiazole rings is 1. The average Bonchev–Trinajstić information content (AvgIpc) is 2.95. The minimum atomic E-state index is -0.635. The molecule has 1 heterocycles. The minimum Gasteiger partial charge on any atom is -0.497 e. The van der Waals surface area contributed by atoms with Gasteiger partial charge in [0.05, 0.1) is 7.11 Å². The fourth-order valence-electron chi connectivity index (χ4n) is 1.51. The predicted molar refractivity (Wildman–Crippen MR) is 74.8 cm³/mol. The van der Waals surface area contributed by atoms with E-state index in [2.05, 4.69) is 10.3 Å². The summed E-state index contributed by atoms with van der Waals surface area (Å²) in [6.45, 7) is 0.367. The van der Waals surface area contributed by atoms with E-state index in [9.17, 15) is 9.59 Å². The first kappa shape index (κ1) is 14.0. The standard InChI is InChI=1S/C13H13N3O3S/c1-19-9-4-2-8(3-5-9)6-15-12(18)10-7-20-13(16-10)11(14)17/h2-5,7H,6H2,1H3,(H2,14,17)(H,15,18). The number of rotatable bonds is 5. The molecule has 0 fully saturated rings. The molecule has 7 heteroatoms. The smallest absolute Gasteiger partial charge is 0.277 e. The molecule has 0 unspecified atom stereocenters. The highest BCUT2D eigenvalue weighted by Gasteiger charge is 2.13. The van der Waals surface area contributed by atoms with Gasteiger partial charge in [0.1, 0.15) is 11.4 Å². The number of carbonyl (C=O) groups excluding carboxylic acids is 2. The third kappa shape index (κ3) is 3.33. The molecule has 3 N–H and O–H groups in total. The number of nitrogens with zero attached hydrogens (tertiary/aromatic N) is 1. The summed E-state index contributed by atoms with van der Waals surface area (Å²) >= 11 is 1.05. The van der Waals surface area contributed by atoms with Crippen LogP contribution >= 0.6 is 11.3 Å². The second kappa shape index (κ2) is 6.16. The number of nitrogens with two attached hydrogens (primary N) is 1. The van der Waals surface area contributed by atoms with Crippen molar-refractivity contribution in [1.82, 2.24) is 10.3 Å². The van der Waals surface area contributed by atoms with E-state index in [1.165, 1.54) is 5.38 Å². The summed E-state index contributed by atoms with van der Waals surface area (Å²) in [5, 5.41) is 4.35. The maximum absolute atomic E-state index is 11.8. The van der Waals surface area contributed by atoms with Crippen molar-refractivity contribution in [2.45, 2.75) is 6.54 Å². The Labute approximate surface area is 119 Å². The minimum absolute atomic E-state index is 0.125. The van der Waals surface area contributed by atoms with Gasteiger partial charge in [0.25, 0.3) is 11.8 Å². The van der Waals surface area contributed by atoms with Gasteiger partial charge in [-0.25, -0.2) is 4.98 Å². The summed E-state index contributed by atoms with van der Waals surface area (Å²) in [6, 6.07) is 7.34. The Morgan fingerprint density at radius 2 is 2.05 bits per heavy atom. The van der Waals surface area contributed by atoms with Crippen molar-refractivity contribution < 1.29 is 14.3 Å². The summed E-state index contributed by atoms with van der Waals surface area (Å²) in [4.78, 5) is 26.6. The number of hydrogen-bond donors (Lipinski definition) is 2. The molecule has 0 aliphatic rings. The quantitative estimate of drug-likeness (QED) is 0.865. The van der Waals surface area contributed by atoms with E-state index < -0.39 is 5.91 Å². The van der Waals surface area contributed by atoms with Crippen molar-refractivity contribution in [3.8, 4) is 5.75 Å². The zero-order valence-corrected chi connectivity index (χ0v) is 11.6. The molecule has 0 aliphatic heterocycles. The van der Waals surface area contributed by atoms with Gasteiger partial charge in [0.15, 0.2) is 5.01 Å². The van der Waals surface area contributed by atoms with E-state index in [1.54, 1.807) is 7.11 Å². The van der Waals surface area contributed by atoms with Gasteiger partial charge in [-0.15, -0.1) is 11.3 Å². The van der Waals surface area contributed by atoms with Crippen LogP contribution in [-0.4, -0.2) is 23.9 Å². The number of primary amides is 1. The predicted octanol–water partition coefficient (Wildman–Crippen LogP) is 1.18. The number of methoxy groups -OCH3 is 1. The van der Waals surface area contributed by atoms with E-state index in [4.69, 9.17) is 10.5 Å². The van der Waals surface area contributed by atoms with E-state index in [1.807, 2.05) is 24.3 Å². The number of amides is 2. The lowest BCUT2D eigenvalue weighted by Crippen LogP contribution is -2.23. The number of aromatic nitrogens is 1. The molecule has 20 heavy (non-hydrogen) atoms. The molecule has 0 aliphatic carbocycles. The SMILES string of the molecule is COc1ccc(CNC(=O)c2csc(C(N)=O)n2)cc1. The molecule has 2 rings (SSSR count). The van der Waals surface area contributed by atoms with Crippen LogP contribution in [0.5, 0.6) is 5.75 Å². The number of hydrogen-bond acceptors (Lipinski definition) is 5.